The Balaban J connectivity index is 1.40. The molecule has 25 heavy (non-hydrogen) atoms. The Kier molecular flexibility index (Phi) is 5.93. The molecular weight excluding hydrogens is 317 g/mol. The smallest absolute Gasteiger partial charge is 0.223 e. The monoisotopic (exact) mass is 343 g/mol. The third-order valence-electron chi connectivity index (χ3n) is 5.32. The number of anilines is 1. The second kappa shape index (κ2) is 8.35. The van der Waals surface area contributed by atoms with E-state index in [0.29, 0.717) is 12.5 Å². The van der Waals surface area contributed by atoms with Gasteiger partial charge in [-0.3, -0.25) is 9.69 Å². The first-order valence-corrected chi connectivity index (χ1v) is 9.09. The van der Waals surface area contributed by atoms with E-state index in [4.69, 9.17) is 6.42 Å². The second-order valence-electron chi connectivity index (χ2n) is 7.08. The van der Waals surface area contributed by atoms with Crippen LogP contribution in [-0.4, -0.2) is 50.1 Å². The van der Waals surface area contributed by atoms with Crippen LogP contribution in [0.3, 0.4) is 0 Å². The van der Waals surface area contributed by atoms with Crippen LogP contribution < -0.4 is 10.2 Å². The van der Waals surface area contributed by atoms with Crippen molar-refractivity contribution in [3.05, 3.63) is 30.1 Å². The minimum atomic E-state index is -0.208. The predicted octanol–water partition coefficient (Wildman–Crippen LogP) is 2.11. The third kappa shape index (κ3) is 4.73. The standard InChI is InChI=1S/C20H26FN3O/c1-2-10-23-11-8-17(9-12-23)20(25)22-14-16-7-13-24(15-16)19-5-3-18(21)4-6-19/h1,3-6,16-17H,7-15H2,(H,22,25). The molecule has 1 N–H and O–H groups in total. The highest BCUT2D eigenvalue weighted by atomic mass is 19.1. The maximum Gasteiger partial charge on any atom is 0.223 e. The molecule has 1 atom stereocenters. The molecule has 0 radical (unpaired) electrons. The number of terminal acetylenes is 1. The predicted molar refractivity (Wildman–Crippen MR) is 97.7 cm³/mol. The molecule has 0 bridgehead atoms. The van der Waals surface area contributed by atoms with Crippen LogP contribution in [0, 0.1) is 30.0 Å². The molecule has 2 fully saturated rings. The molecule has 4 nitrogen and oxygen atoms in total. The first-order valence-electron chi connectivity index (χ1n) is 9.09. The van der Waals surface area contributed by atoms with E-state index in [0.717, 1.165) is 57.7 Å². The summed E-state index contributed by atoms with van der Waals surface area (Å²) in [5, 5.41) is 3.14. The van der Waals surface area contributed by atoms with E-state index in [1.807, 2.05) is 12.1 Å². The van der Waals surface area contributed by atoms with Crippen molar-refractivity contribution >= 4 is 11.6 Å². The Morgan fingerprint density at radius 1 is 1.20 bits per heavy atom. The van der Waals surface area contributed by atoms with E-state index < -0.39 is 0 Å². The Hall–Kier alpha value is -2.06. The largest absolute Gasteiger partial charge is 0.371 e. The van der Waals surface area contributed by atoms with Crippen LogP contribution in [0.25, 0.3) is 0 Å². The minimum Gasteiger partial charge on any atom is -0.371 e. The van der Waals surface area contributed by atoms with Gasteiger partial charge >= 0.3 is 0 Å². The van der Waals surface area contributed by atoms with E-state index in [1.54, 1.807) is 0 Å². The fourth-order valence-corrected chi connectivity index (χ4v) is 3.76. The van der Waals surface area contributed by atoms with Crippen LogP contribution in [0.5, 0.6) is 0 Å². The molecular formula is C20H26FN3O. The number of likely N-dealkylation sites (tertiary alicyclic amines) is 1. The Morgan fingerprint density at radius 2 is 1.92 bits per heavy atom. The summed E-state index contributed by atoms with van der Waals surface area (Å²) in [7, 11) is 0. The van der Waals surface area contributed by atoms with Gasteiger partial charge < -0.3 is 10.2 Å². The molecule has 5 heteroatoms. The minimum absolute atomic E-state index is 0.114. The zero-order chi connectivity index (χ0) is 17.6. The van der Waals surface area contributed by atoms with Crippen LogP contribution in [0.4, 0.5) is 10.1 Å². The summed E-state index contributed by atoms with van der Waals surface area (Å²) in [6, 6.07) is 6.63. The first-order chi connectivity index (χ1) is 12.2. The highest BCUT2D eigenvalue weighted by Crippen LogP contribution is 2.24. The second-order valence-corrected chi connectivity index (χ2v) is 7.08. The summed E-state index contributed by atoms with van der Waals surface area (Å²) in [4.78, 5) is 16.9. The molecule has 0 aromatic heterocycles. The average Bonchev–Trinajstić information content (AvgIpc) is 3.10. The highest BCUT2D eigenvalue weighted by Gasteiger charge is 2.27. The Labute approximate surface area is 149 Å². The fraction of sp³-hybridized carbons (Fsp3) is 0.550. The zero-order valence-electron chi connectivity index (χ0n) is 14.6. The van der Waals surface area contributed by atoms with Crippen molar-refractivity contribution in [3.63, 3.8) is 0 Å². The van der Waals surface area contributed by atoms with E-state index in [2.05, 4.69) is 21.0 Å². The number of benzene rings is 1. The number of nitrogens with zero attached hydrogens (tertiary/aromatic N) is 2. The summed E-state index contributed by atoms with van der Waals surface area (Å²) in [6.45, 7) is 5.08. The maximum absolute atomic E-state index is 13.0. The van der Waals surface area contributed by atoms with Crippen molar-refractivity contribution in [2.24, 2.45) is 11.8 Å². The summed E-state index contributed by atoms with van der Waals surface area (Å²) in [5.74, 6) is 3.21. The number of hydrogen-bond acceptors (Lipinski definition) is 3. The van der Waals surface area contributed by atoms with Crippen molar-refractivity contribution in [3.8, 4) is 12.3 Å². The van der Waals surface area contributed by atoms with Crippen LogP contribution in [0.2, 0.25) is 0 Å². The lowest BCUT2D eigenvalue weighted by Crippen LogP contribution is -2.42. The van der Waals surface area contributed by atoms with Gasteiger partial charge in [0.1, 0.15) is 5.82 Å². The molecule has 0 aliphatic carbocycles. The van der Waals surface area contributed by atoms with Crippen molar-refractivity contribution in [1.82, 2.24) is 10.2 Å². The number of halogens is 1. The van der Waals surface area contributed by atoms with E-state index in [-0.39, 0.29) is 17.6 Å². The Bertz CT molecular complexity index is 617. The van der Waals surface area contributed by atoms with Gasteiger partial charge in [0.15, 0.2) is 0 Å². The molecule has 2 saturated heterocycles. The normalized spacial score (nSPS) is 21.9. The van der Waals surface area contributed by atoms with Crippen molar-refractivity contribution in [2.45, 2.75) is 19.3 Å². The molecule has 134 valence electrons. The zero-order valence-corrected chi connectivity index (χ0v) is 14.6. The third-order valence-corrected chi connectivity index (χ3v) is 5.32. The summed E-state index contributed by atoms with van der Waals surface area (Å²) >= 11 is 0. The summed E-state index contributed by atoms with van der Waals surface area (Å²) in [5.41, 5.74) is 1.05. The van der Waals surface area contributed by atoms with E-state index >= 15 is 0 Å². The van der Waals surface area contributed by atoms with Gasteiger partial charge in [0.2, 0.25) is 5.91 Å². The molecule has 1 unspecified atom stereocenters. The molecule has 1 aromatic carbocycles. The van der Waals surface area contributed by atoms with Gasteiger partial charge in [-0.25, -0.2) is 4.39 Å². The van der Waals surface area contributed by atoms with Gasteiger partial charge in [0.25, 0.3) is 0 Å². The molecule has 2 aliphatic rings. The quantitative estimate of drug-likeness (QED) is 0.832. The van der Waals surface area contributed by atoms with Crippen LogP contribution in [-0.2, 0) is 4.79 Å². The molecule has 2 heterocycles. The Morgan fingerprint density at radius 3 is 2.60 bits per heavy atom. The number of carbonyl (C=O) groups is 1. The number of rotatable bonds is 5. The number of piperidine rings is 1. The van der Waals surface area contributed by atoms with Crippen LogP contribution >= 0.6 is 0 Å². The molecule has 2 aliphatic heterocycles. The fourth-order valence-electron chi connectivity index (χ4n) is 3.76. The van der Waals surface area contributed by atoms with Crippen LogP contribution in [0.15, 0.2) is 24.3 Å². The number of nitrogens with one attached hydrogen (secondary N) is 1. The molecule has 1 aromatic rings. The van der Waals surface area contributed by atoms with Gasteiger partial charge in [0, 0.05) is 31.2 Å². The summed E-state index contributed by atoms with van der Waals surface area (Å²) < 4.78 is 13.0. The number of carbonyl (C=O) groups excluding carboxylic acids is 1. The first kappa shape index (κ1) is 17.8. The van der Waals surface area contributed by atoms with Gasteiger partial charge in [0.05, 0.1) is 6.54 Å². The van der Waals surface area contributed by atoms with Gasteiger partial charge in [-0.05, 0) is 62.5 Å². The molecule has 0 saturated carbocycles. The van der Waals surface area contributed by atoms with Gasteiger partial charge in [-0.1, -0.05) is 5.92 Å². The van der Waals surface area contributed by atoms with Crippen molar-refractivity contribution in [2.75, 3.05) is 44.2 Å². The lowest BCUT2D eigenvalue weighted by atomic mass is 9.95. The highest BCUT2D eigenvalue weighted by molar-refractivity contribution is 5.78. The molecule has 1 amide bonds. The van der Waals surface area contributed by atoms with Crippen LogP contribution in [0.1, 0.15) is 19.3 Å². The molecule has 0 spiro atoms. The van der Waals surface area contributed by atoms with Crippen molar-refractivity contribution in [1.29, 1.82) is 0 Å². The van der Waals surface area contributed by atoms with Gasteiger partial charge in [-0.2, -0.15) is 0 Å². The average molecular weight is 343 g/mol. The lowest BCUT2D eigenvalue weighted by Gasteiger charge is -2.30. The number of amides is 1. The topological polar surface area (TPSA) is 35.6 Å². The van der Waals surface area contributed by atoms with Gasteiger partial charge in [-0.15, -0.1) is 6.42 Å². The van der Waals surface area contributed by atoms with E-state index in [9.17, 15) is 9.18 Å². The SMILES string of the molecule is C#CCN1CCC(C(=O)NCC2CCN(c3ccc(F)cc3)C2)CC1. The van der Waals surface area contributed by atoms with Crippen molar-refractivity contribution < 1.29 is 9.18 Å². The molecule has 3 rings (SSSR count). The maximum atomic E-state index is 13.0. The summed E-state index contributed by atoms with van der Waals surface area (Å²) in [6.07, 6.45) is 8.17. The number of hydrogen-bond donors (Lipinski definition) is 1. The lowest BCUT2D eigenvalue weighted by molar-refractivity contribution is -0.126. The van der Waals surface area contributed by atoms with E-state index in [1.165, 1.54) is 12.1 Å².